The fourth-order valence-electron chi connectivity index (χ4n) is 4.57. The number of carbonyl (C=O) groups is 2. The van der Waals surface area contributed by atoms with Gasteiger partial charge in [-0.05, 0) is 36.7 Å². The van der Waals surface area contributed by atoms with Crippen molar-refractivity contribution in [3.8, 4) is 0 Å². The molecule has 0 spiro atoms. The van der Waals surface area contributed by atoms with E-state index in [9.17, 15) is 14.7 Å². The number of aromatic nitrogens is 3. The minimum absolute atomic E-state index is 0.0151. The molecule has 1 aromatic heterocycles. The lowest BCUT2D eigenvalue weighted by Gasteiger charge is -2.38. The zero-order valence-electron chi connectivity index (χ0n) is 14.5. The fraction of sp³-hybridized carbons (Fsp3) is 0.474. The van der Waals surface area contributed by atoms with Crippen LogP contribution in [0.25, 0.3) is 0 Å². The smallest absolute Gasteiger partial charge is 0.311 e. The standard InChI is InChI=1S/C19H22N4O3/c24-17(12-23-9-8-20-21-23)22-11-16-10-15(14-4-2-1-3-5-14)6-7-19(16,13-22)18(25)26/h1-5,8-9,15-16H,6-7,10-13H2,(H,25,26)/t15-,16-,19-/m1/s1. The topological polar surface area (TPSA) is 88.3 Å². The molecule has 3 atom stereocenters. The first kappa shape index (κ1) is 16.8. The molecule has 0 unspecified atom stereocenters. The number of benzene rings is 1. The lowest BCUT2D eigenvalue weighted by molar-refractivity contribution is -0.153. The van der Waals surface area contributed by atoms with E-state index in [1.165, 1.54) is 16.4 Å². The molecule has 2 aromatic rings. The van der Waals surface area contributed by atoms with Crippen LogP contribution in [0.2, 0.25) is 0 Å². The van der Waals surface area contributed by atoms with Crippen LogP contribution in [0.15, 0.2) is 42.7 Å². The van der Waals surface area contributed by atoms with Gasteiger partial charge in [-0.15, -0.1) is 5.10 Å². The summed E-state index contributed by atoms with van der Waals surface area (Å²) < 4.78 is 1.48. The second-order valence-corrected chi connectivity index (χ2v) is 7.42. The molecular weight excluding hydrogens is 332 g/mol. The molecule has 1 aromatic carbocycles. The molecule has 7 heteroatoms. The predicted molar refractivity (Wildman–Crippen MR) is 93.2 cm³/mol. The van der Waals surface area contributed by atoms with Crippen LogP contribution in [0.5, 0.6) is 0 Å². The maximum absolute atomic E-state index is 12.6. The molecule has 2 fully saturated rings. The van der Waals surface area contributed by atoms with Gasteiger partial charge in [0.05, 0.1) is 11.6 Å². The lowest BCUT2D eigenvalue weighted by atomic mass is 9.64. The van der Waals surface area contributed by atoms with Crippen molar-refractivity contribution in [2.75, 3.05) is 13.1 Å². The summed E-state index contributed by atoms with van der Waals surface area (Å²) in [4.78, 5) is 26.4. The van der Waals surface area contributed by atoms with E-state index in [-0.39, 0.29) is 18.4 Å². The zero-order valence-corrected chi connectivity index (χ0v) is 14.5. The van der Waals surface area contributed by atoms with Gasteiger partial charge < -0.3 is 10.0 Å². The Morgan fingerprint density at radius 1 is 1.27 bits per heavy atom. The first-order chi connectivity index (χ1) is 12.6. The highest BCUT2D eigenvalue weighted by atomic mass is 16.4. The Hall–Kier alpha value is -2.70. The van der Waals surface area contributed by atoms with Crippen molar-refractivity contribution in [1.82, 2.24) is 19.9 Å². The molecule has 7 nitrogen and oxygen atoms in total. The molecule has 1 aliphatic heterocycles. The number of hydrogen-bond donors (Lipinski definition) is 1. The summed E-state index contributed by atoms with van der Waals surface area (Å²) in [5.74, 6) is -0.524. The van der Waals surface area contributed by atoms with E-state index in [0.717, 1.165) is 12.8 Å². The Bertz CT molecular complexity index is 792. The van der Waals surface area contributed by atoms with Crippen LogP contribution in [0.1, 0.15) is 30.7 Å². The average Bonchev–Trinajstić information content (AvgIpc) is 3.29. The van der Waals surface area contributed by atoms with Crippen LogP contribution in [0, 0.1) is 11.3 Å². The number of rotatable bonds is 4. The van der Waals surface area contributed by atoms with E-state index in [1.807, 2.05) is 18.2 Å². The normalized spacial score (nSPS) is 27.9. The van der Waals surface area contributed by atoms with Crippen molar-refractivity contribution in [1.29, 1.82) is 0 Å². The SMILES string of the molecule is O=C(Cn1ccnn1)N1C[C@H]2C[C@H](c3ccccc3)CC[C@@]2(C(=O)O)C1. The number of aliphatic carboxylic acids is 1. The number of likely N-dealkylation sites (tertiary alicyclic amines) is 1. The van der Waals surface area contributed by atoms with Gasteiger partial charge in [0.1, 0.15) is 6.54 Å². The minimum Gasteiger partial charge on any atom is -0.481 e. The number of carboxylic acid groups (broad SMARTS) is 1. The summed E-state index contributed by atoms with van der Waals surface area (Å²) in [5.41, 5.74) is 0.447. The van der Waals surface area contributed by atoms with Gasteiger partial charge in [0, 0.05) is 19.3 Å². The molecule has 1 N–H and O–H groups in total. The average molecular weight is 354 g/mol. The van der Waals surface area contributed by atoms with E-state index in [2.05, 4.69) is 22.4 Å². The maximum Gasteiger partial charge on any atom is 0.311 e. The first-order valence-electron chi connectivity index (χ1n) is 8.99. The van der Waals surface area contributed by atoms with Crippen LogP contribution in [0.3, 0.4) is 0 Å². The highest BCUT2D eigenvalue weighted by Gasteiger charge is 2.55. The Kier molecular flexibility index (Phi) is 4.22. The molecule has 1 saturated carbocycles. The monoisotopic (exact) mass is 354 g/mol. The summed E-state index contributed by atoms with van der Waals surface area (Å²) in [6, 6.07) is 10.3. The van der Waals surface area contributed by atoms with Gasteiger partial charge in [0.25, 0.3) is 0 Å². The molecule has 0 radical (unpaired) electrons. The number of amides is 1. The Morgan fingerprint density at radius 3 is 2.77 bits per heavy atom. The highest BCUT2D eigenvalue weighted by Crippen LogP contribution is 2.51. The van der Waals surface area contributed by atoms with E-state index in [1.54, 1.807) is 11.1 Å². The van der Waals surface area contributed by atoms with Crippen LogP contribution < -0.4 is 0 Å². The Morgan fingerprint density at radius 2 is 2.08 bits per heavy atom. The van der Waals surface area contributed by atoms with Crippen molar-refractivity contribution < 1.29 is 14.7 Å². The molecule has 2 heterocycles. The van der Waals surface area contributed by atoms with Crippen LogP contribution >= 0.6 is 0 Å². The summed E-state index contributed by atoms with van der Waals surface area (Å²) >= 11 is 0. The second kappa shape index (κ2) is 6.55. The highest BCUT2D eigenvalue weighted by molar-refractivity contribution is 5.81. The van der Waals surface area contributed by atoms with Crippen LogP contribution in [0.4, 0.5) is 0 Å². The van der Waals surface area contributed by atoms with Crippen molar-refractivity contribution in [2.45, 2.75) is 31.7 Å². The molecule has 0 bridgehead atoms. The molecule has 1 aliphatic carbocycles. The van der Waals surface area contributed by atoms with E-state index in [0.29, 0.717) is 25.4 Å². The van der Waals surface area contributed by atoms with E-state index < -0.39 is 11.4 Å². The predicted octanol–water partition coefficient (Wildman–Crippen LogP) is 1.78. The molecule has 4 rings (SSSR count). The summed E-state index contributed by atoms with van der Waals surface area (Å²) in [7, 11) is 0. The molecule has 136 valence electrons. The third-order valence-corrected chi connectivity index (χ3v) is 6.02. The van der Waals surface area contributed by atoms with Gasteiger partial charge in [0.2, 0.25) is 5.91 Å². The summed E-state index contributed by atoms with van der Waals surface area (Å²) in [6.07, 6.45) is 5.43. The molecular formula is C19H22N4O3. The van der Waals surface area contributed by atoms with Crippen LogP contribution in [-0.4, -0.2) is 50.0 Å². The Balaban J connectivity index is 1.52. The second-order valence-electron chi connectivity index (χ2n) is 7.42. The number of carboxylic acids is 1. The summed E-state index contributed by atoms with van der Waals surface area (Å²) in [6.45, 7) is 0.899. The van der Waals surface area contributed by atoms with Gasteiger partial charge >= 0.3 is 5.97 Å². The quantitative estimate of drug-likeness (QED) is 0.904. The maximum atomic E-state index is 12.6. The van der Waals surface area contributed by atoms with Crippen molar-refractivity contribution >= 4 is 11.9 Å². The number of carbonyl (C=O) groups excluding carboxylic acids is 1. The Labute approximate surface area is 151 Å². The number of hydrogen-bond acceptors (Lipinski definition) is 4. The van der Waals surface area contributed by atoms with Crippen molar-refractivity contribution in [3.63, 3.8) is 0 Å². The van der Waals surface area contributed by atoms with Gasteiger partial charge in [-0.2, -0.15) is 0 Å². The fourth-order valence-corrected chi connectivity index (χ4v) is 4.57. The third kappa shape index (κ3) is 2.87. The summed E-state index contributed by atoms with van der Waals surface area (Å²) in [5, 5.41) is 17.5. The van der Waals surface area contributed by atoms with Gasteiger partial charge in [-0.25, -0.2) is 4.68 Å². The van der Waals surface area contributed by atoms with Gasteiger partial charge in [-0.1, -0.05) is 35.5 Å². The lowest BCUT2D eigenvalue weighted by Crippen LogP contribution is -2.43. The van der Waals surface area contributed by atoms with E-state index in [4.69, 9.17) is 0 Å². The number of fused-ring (bicyclic) bond motifs is 1. The molecule has 2 aliphatic rings. The van der Waals surface area contributed by atoms with Crippen molar-refractivity contribution in [3.05, 3.63) is 48.3 Å². The third-order valence-electron chi connectivity index (χ3n) is 6.02. The first-order valence-corrected chi connectivity index (χ1v) is 8.99. The molecule has 1 saturated heterocycles. The van der Waals surface area contributed by atoms with Gasteiger partial charge in [-0.3, -0.25) is 9.59 Å². The van der Waals surface area contributed by atoms with Crippen LogP contribution in [-0.2, 0) is 16.1 Å². The minimum atomic E-state index is -0.816. The van der Waals surface area contributed by atoms with Crippen molar-refractivity contribution in [2.24, 2.45) is 11.3 Å². The largest absolute Gasteiger partial charge is 0.481 e. The zero-order chi connectivity index (χ0) is 18.1. The molecule has 26 heavy (non-hydrogen) atoms. The molecule has 1 amide bonds. The number of nitrogens with zero attached hydrogens (tertiary/aromatic N) is 4. The van der Waals surface area contributed by atoms with Gasteiger partial charge in [0.15, 0.2) is 0 Å². The van der Waals surface area contributed by atoms with E-state index >= 15 is 0 Å².